The topological polar surface area (TPSA) is 0 Å². The zero-order chi connectivity index (χ0) is 9.58. The molecule has 0 nitrogen and oxygen atoms in total. The van der Waals surface area contributed by atoms with Crippen molar-refractivity contribution in [1.29, 1.82) is 0 Å². The first-order chi connectivity index (χ1) is 4.73. The summed E-state index contributed by atoms with van der Waals surface area (Å²) in [5.41, 5.74) is 0. The summed E-state index contributed by atoms with van der Waals surface area (Å²) < 4.78 is 0. The summed E-state index contributed by atoms with van der Waals surface area (Å²) in [6.07, 6.45) is 0. The first-order valence-corrected chi connectivity index (χ1v) is 4.73. The molecule has 0 N–H and O–H groups in total. The summed E-state index contributed by atoms with van der Waals surface area (Å²) in [6, 6.07) is 0. The fourth-order valence-electron chi connectivity index (χ4n) is 0. The van der Waals surface area contributed by atoms with E-state index >= 15 is 0 Å². The van der Waals surface area contributed by atoms with Gasteiger partial charge in [-0.2, -0.15) is 0 Å². The van der Waals surface area contributed by atoms with Gasteiger partial charge in [-0.05, 0) is 5.92 Å². The number of rotatable bonds is 0. The maximum Gasteiger partial charge on any atom is 0 e. The SMILES string of the molecule is CC.CC.CC.CC(C)C.[CH3-].[Y]. The van der Waals surface area contributed by atoms with Crippen molar-refractivity contribution in [2.24, 2.45) is 5.92 Å². The summed E-state index contributed by atoms with van der Waals surface area (Å²) in [4.78, 5) is 0. The van der Waals surface area contributed by atoms with E-state index in [1.54, 1.807) is 0 Å². The molecule has 0 atom stereocenters. The van der Waals surface area contributed by atoms with E-state index in [9.17, 15) is 0 Å². The Morgan fingerprint density at radius 3 is 0.583 bits per heavy atom. The molecule has 79 valence electrons. The Labute approximate surface area is 108 Å². The third-order valence-corrected chi connectivity index (χ3v) is 0. The van der Waals surface area contributed by atoms with Crippen molar-refractivity contribution in [2.75, 3.05) is 0 Å². The minimum absolute atomic E-state index is 0. The third kappa shape index (κ3) is 930. The fourth-order valence-corrected chi connectivity index (χ4v) is 0. The van der Waals surface area contributed by atoms with Crippen LogP contribution in [0, 0.1) is 13.3 Å². The molecule has 0 fully saturated rings. The van der Waals surface area contributed by atoms with Crippen molar-refractivity contribution >= 4 is 0 Å². The number of hydrogen-bond donors (Lipinski definition) is 0. The average molecular weight is 252 g/mol. The quantitative estimate of drug-likeness (QED) is 0.520. The Balaban J connectivity index is -0.0000000101. The molecular formula is C11H31Y-. The standard InChI is InChI=1S/C4H10.3C2H6.CH3.Y/c1-4(2)3;3*1-2;;/h4H,1-3H3;3*1-2H3;1H3;/q;;;;-1;. The van der Waals surface area contributed by atoms with Crippen LogP contribution in [0.25, 0.3) is 0 Å². The van der Waals surface area contributed by atoms with Crippen molar-refractivity contribution < 1.29 is 32.7 Å². The Bertz CT molecular complexity index is 9.72. The van der Waals surface area contributed by atoms with Crippen LogP contribution in [0.1, 0.15) is 62.3 Å². The normalized spacial score (nSPS) is 4.50. The molecule has 0 aromatic rings. The molecule has 0 unspecified atom stereocenters. The van der Waals surface area contributed by atoms with E-state index in [-0.39, 0.29) is 40.1 Å². The summed E-state index contributed by atoms with van der Waals surface area (Å²) >= 11 is 0. The van der Waals surface area contributed by atoms with Gasteiger partial charge in [0.25, 0.3) is 0 Å². The van der Waals surface area contributed by atoms with Crippen molar-refractivity contribution in [3.05, 3.63) is 7.43 Å². The summed E-state index contributed by atoms with van der Waals surface area (Å²) in [5, 5.41) is 0. The van der Waals surface area contributed by atoms with E-state index < -0.39 is 0 Å². The third-order valence-electron chi connectivity index (χ3n) is 0. The minimum Gasteiger partial charge on any atom is -0.358 e. The van der Waals surface area contributed by atoms with Gasteiger partial charge in [0.1, 0.15) is 0 Å². The van der Waals surface area contributed by atoms with Gasteiger partial charge >= 0.3 is 0 Å². The van der Waals surface area contributed by atoms with Crippen molar-refractivity contribution in [3.63, 3.8) is 0 Å². The molecule has 0 aliphatic rings. The van der Waals surface area contributed by atoms with Crippen molar-refractivity contribution in [3.8, 4) is 0 Å². The smallest absolute Gasteiger partial charge is 0 e. The van der Waals surface area contributed by atoms with Crippen LogP contribution in [0.4, 0.5) is 0 Å². The fraction of sp³-hybridized carbons (Fsp3) is 0.909. The van der Waals surface area contributed by atoms with Gasteiger partial charge in [0.2, 0.25) is 0 Å². The predicted molar refractivity (Wildman–Crippen MR) is 61.0 cm³/mol. The Kier molecular flexibility index (Phi) is 281. The molecule has 0 amide bonds. The zero-order valence-electron chi connectivity index (χ0n) is 11.2. The molecule has 0 aromatic heterocycles. The van der Waals surface area contributed by atoms with Gasteiger partial charge in [-0.25, -0.2) is 0 Å². The summed E-state index contributed by atoms with van der Waals surface area (Å²) in [7, 11) is 0. The van der Waals surface area contributed by atoms with Gasteiger partial charge in [0.15, 0.2) is 0 Å². The second-order valence-electron chi connectivity index (χ2n) is 1.73. The molecule has 1 radical (unpaired) electrons. The van der Waals surface area contributed by atoms with Crippen LogP contribution in [0.2, 0.25) is 0 Å². The Hall–Kier alpha value is 1.10. The van der Waals surface area contributed by atoms with Crippen LogP contribution in [0.15, 0.2) is 0 Å². The molecule has 0 aromatic carbocycles. The van der Waals surface area contributed by atoms with Crippen LogP contribution in [-0.4, -0.2) is 0 Å². The van der Waals surface area contributed by atoms with E-state index in [4.69, 9.17) is 0 Å². The largest absolute Gasteiger partial charge is 0.358 e. The molecule has 0 rings (SSSR count). The minimum atomic E-state index is 0. The monoisotopic (exact) mass is 252 g/mol. The zero-order valence-corrected chi connectivity index (χ0v) is 14.0. The molecular weight excluding hydrogens is 221 g/mol. The molecule has 0 spiro atoms. The molecule has 0 aliphatic heterocycles. The second-order valence-corrected chi connectivity index (χ2v) is 1.73. The van der Waals surface area contributed by atoms with Crippen LogP contribution in [0.3, 0.4) is 0 Å². The molecule has 0 aliphatic carbocycles. The Morgan fingerprint density at radius 1 is 0.583 bits per heavy atom. The van der Waals surface area contributed by atoms with E-state index in [1.165, 1.54) is 0 Å². The summed E-state index contributed by atoms with van der Waals surface area (Å²) in [6.45, 7) is 18.5. The van der Waals surface area contributed by atoms with E-state index in [2.05, 4.69) is 20.8 Å². The number of hydrogen-bond acceptors (Lipinski definition) is 0. The predicted octanol–water partition coefficient (Wildman–Crippen LogP) is 5.19. The van der Waals surface area contributed by atoms with Crippen molar-refractivity contribution in [2.45, 2.75) is 62.3 Å². The molecule has 12 heavy (non-hydrogen) atoms. The van der Waals surface area contributed by atoms with E-state index in [0.717, 1.165) is 5.92 Å². The van der Waals surface area contributed by atoms with Gasteiger partial charge in [-0.1, -0.05) is 62.3 Å². The molecule has 1 heteroatoms. The molecule has 0 saturated carbocycles. The van der Waals surface area contributed by atoms with Gasteiger partial charge in [-0.3, -0.25) is 0 Å². The average Bonchev–Trinajstić information content (AvgIpc) is 1.98. The molecule has 0 heterocycles. The van der Waals surface area contributed by atoms with Gasteiger partial charge in [-0.15, -0.1) is 0 Å². The van der Waals surface area contributed by atoms with Crippen molar-refractivity contribution in [1.82, 2.24) is 0 Å². The summed E-state index contributed by atoms with van der Waals surface area (Å²) in [5.74, 6) is 0.833. The molecule has 0 bridgehead atoms. The van der Waals surface area contributed by atoms with Crippen LogP contribution < -0.4 is 0 Å². The van der Waals surface area contributed by atoms with Crippen LogP contribution in [0.5, 0.6) is 0 Å². The van der Waals surface area contributed by atoms with Crippen LogP contribution >= 0.6 is 0 Å². The van der Waals surface area contributed by atoms with Crippen LogP contribution in [-0.2, 0) is 32.7 Å². The Morgan fingerprint density at radius 2 is 0.583 bits per heavy atom. The van der Waals surface area contributed by atoms with Gasteiger partial charge in [0, 0.05) is 32.7 Å². The maximum atomic E-state index is 2.17. The first-order valence-electron chi connectivity index (χ1n) is 4.73. The van der Waals surface area contributed by atoms with E-state index in [1.807, 2.05) is 41.5 Å². The van der Waals surface area contributed by atoms with E-state index in [0.29, 0.717) is 0 Å². The first kappa shape index (κ1) is 38.0. The second kappa shape index (κ2) is 88.6. The van der Waals surface area contributed by atoms with Gasteiger partial charge < -0.3 is 7.43 Å². The molecule has 0 saturated heterocycles. The van der Waals surface area contributed by atoms with Gasteiger partial charge in [0.05, 0.1) is 0 Å². The maximum absolute atomic E-state index is 2.17.